The van der Waals surface area contributed by atoms with Crippen molar-refractivity contribution in [3.05, 3.63) is 130 Å². The van der Waals surface area contributed by atoms with Crippen LogP contribution in [0.1, 0.15) is 81.8 Å². The zero-order valence-corrected chi connectivity index (χ0v) is 33.5. The molecular formula is C45H56N2O8. The normalized spacial score (nSPS) is 12.2. The Bertz CT molecular complexity index is 1810. The maximum absolute atomic E-state index is 12.5. The molecule has 4 aromatic carbocycles. The lowest BCUT2D eigenvalue weighted by Gasteiger charge is -2.25. The Labute approximate surface area is 325 Å². The summed E-state index contributed by atoms with van der Waals surface area (Å²) >= 11 is 0. The molecule has 10 heteroatoms. The number of carbonyl (C=O) groups excluding carboxylic acids is 3. The fourth-order valence-electron chi connectivity index (χ4n) is 5.56. The van der Waals surface area contributed by atoms with Crippen LogP contribution in [0.2, 0.25) is 0 Å². The summed E-state index contributed by atoms with van der Waals surface area (Å²) in [6.07, 6.45) is -0.544. The number of hydrogen-bond donors (Lipinski definition) is 3. The molecule has 4 rings (SSSR count). The van der Waals surface area contributed by atoms with Crippen LogP contribution in [0, 0.1) is 13.8 Å². The average molecular weight is 753 g/mol. The molecule has 0 spiro atoms. The number of carbonyl (C=O) groups is 4. The Morgan fingerprint density at radius 2 is 1.09 bits per heavy atom. The number of para-hydroxylation sites is 2. The van der Waals surface area contributed by atoms with Crippen molar-refractivity contribution in [2.24, 2.45) is 0 Å². The van der Waals surface area contributed by atoms with Crippen LogP contribution in [0.25, 0.3) is 0 Å². The summed E-state index contributed by atoms with van der Waals surface area (Å²) in [4.78, 5) is 48.0. The zero-order chi connectivity index (χ0) is 40.8. The summed E-state index contributed by atoms with van der Waals surface area (Å²) in [7, 11) is 0. The highest BCUT2D eigenvalue weighted by molar-refractivity contribution is 5.89. The quantitative estimate of drug-likeness (QED) is 0.118. The number of Topliss-reactive ketones (excluding diaryl/α,β-unsaturated/α-hetero) is 1. The third kappa shape index (κ3) is 14.3. The van der Waals surface area contributed by atoms with Gasteiger partial charge in [0.1, 0.15) is 30.2 Å². The smallest absolute Gasteiger partial charge is 0.408 e. The largest absolute Gasteiger partial charge is 0.485 e. The van der Waals surface area contributed by atoms with E-state index in [2.05, 4.69) is 64.3 Å². The molecule has 0 saturated heterocycles. The number of rotatable bonds is 14. The van der Waals surface area contributed by atoms with Crippen molar-refractivity contribution in [3.8, 4) is 11.5 Å². The lowest BCUT2D eigenvalue weighted by atomic mass is 9.85. The van der Waals surface area contributed by atoms with Gasteiger partial charge >= 0.3 is 12.1 Å². The number of amides is 2. The minimum atomic E-state index is -1.16. The molecule has 2 atom stereocenters. The van der Waals surface area contributed by atoms with E-state index in [4.69, 9.17) is 19.3 Å². The van der Waals surface area contributed by atoms with Crippen molar-refractivity contribution in [2.45, 2.75) is 98.3 Å². The van der Waals surface area contributed by atoms with Gasteiger partial charge in [-0.2, -0.15) is 0 Å². The van der Waals surface area contributed by atoms with Crippen molar-refractivity contribution < 1.29 is 38.5 Å². The number of aryl methyl sites for hydroxylation is 2. The van der Waals surface area contributed by atoms with Gasteiger partial charge in [0.2, 0.25) is 11.7 Å². The van der Waals surface area contributed by atoms with Crippen LogP contribution in [0.3, 0.4) is 0 Å². The SMILES string of the molecule is C[C@H](NC(=O)[C@H](Cc1ccccc1)NC(=O)OCc1ccccc1)C(=O)O.Cc1cccc(C(C)(C)C)c1OCC(=O)COc1c(C)cccc1C(C)(C)C. The molecule has 10 nitrogen and oxygen atoms in total. The van der Waals surface area contributed by atoms with Gasteiger partial charge in [0.15, 0.2) is 13.2 Å². The first-order valence-electron chi connectivity index (χ1n) is 18.4. The molecule has 294 valence electrons. The van der Waals surface area contributed by atoms with Gasteiger partial charge in [-0.1, -0.05) is 139 Å². The number of carboxylic acids is 1. The van der Waals surface area contributed by atoms with E-state index < -0.39 is 30.1 Å². The lowest BCUT2D eigenvalue weighted by Crippen LogP contribution is -2.51. The van der Waals surface area contributed by atoms with Crippen molar-refractivity contribution >= 4 is 23.8 Å². The second-order valence-corrected chi connectivity index (χ2v) is 15.5. The summed E-state index contributed by atoms with van der Waals surface area (Å²) in [6, 6.07) is 28.4. The predicted octanol–water partition coefficient (Wildman–Crippen LogP) is 8.04. The Balaban J connectivity index is 0.000000296. The summed E-state index contributed by atoms with van der Waals surface area (Å²) in [5, 5.41) is 13.9. The van der Waals surface area contributed by atoms with E-state index in [9.17, 15) is 19.2 Å². The summed E-state index contributed by atoms with van der Waals surface area (Å²) in [5.74, 6) is -0.227. The Morgan fingerprint density at radius 1 is 0.636 bits per heavy atom. The molecule has 3 N–H and O–H groups in total. The standard InChI is InChI=1S/C25H34O3.C20H22N2O5/c1-17-11-9-13-20(24(3,4)5)22(17)27-15-19(26)16-28-23-18(2)12-10-14-21(23)25(6,7)8;1-14(19(24)25)21-18(23)17(12-15-8-4-2-5-9-15)22-20(26)27-13-16-10-6-3-7-11-16/h9-14H,15-16H2,1-8H3;2-11,14,17H,12-13H2,1H3,(H,21,23)(H,22,26)(H,24,25)/t;14-,17-/m.0/s1. The number of carboxylic acid groups (broad SMARTS) is 1. The minimum Gasteiger partial charge on any atom is -0.485 e. The van der Waals surface area contributed by atoms with Crippen molar-refractivity contribution in [3.63, 3.8) is 0 Å². The molecule has 0 radical (unpaired) electrons. The van der Waals surface area contributed by atoms with E-state index in [0.717, 1.165) is 44.9 Å². The first-order valence-corrected chi connectivity index (χ1v) is 18.4. The van der Waals surface area contributed by atoms with Gasteiger partial charge < -0.3 is 30.0 Å². The van der Waals surface area contributed by atoms with E-state index in [1.807, 2.05) is 98.8 Å². The molecule has 55 heavy (non-hydrogen) atoms. The molecule has 0 aliphatic carbocycles. The van der Waals surface area contributed by atoms with Gasteiger partial charge in [-0.05, 0) is 65.0 Å². The minimum absolute atomic E-state index is 0.00463. The van der Waals surface area contributed by atoms with Crippen LogP contribution in [0.15, 0.2) is 97.1 Å². The van der Waals surface area contributed by atoms with Gasteiger partial charge in [0.25, 0.3) is 0 Å². The number of ketones is 1. The first-order chi connectivity index (χ1) is 25.9. The highest BCUT2D eigenvalue weighted by Gasteiger charge is 2.26. The fraction of sp³-hybridized carbons (Fsp3) is 0.378. The number of alkyl carbamates (subject to hydrolysis) is 1. The Hall–Kier alpha value is -5.64. The molecule has 0 fully saturated rings. The summed E-state index contributed by atoms with van der Waals surface area (Å²) < 4.78 is 17.0. The highest BCUT2D eigenvalue weighted by Crippen LogP contribution is 2.35. The van der Waals surface area contributed by atoms with E-state index in [0.29, 0.717) is 0 Å². The van der Waals surface area contributed by atoms with Crippen LogP contribution in [0.4, 0.5) is 4.79 Å². The highest BCUT2D eigenvalue weighted by atomic mass is 16.5. The van der Waals surface area contributed by atoms with E-state index in [1.54, 1.807) is 0 Å². The topological polar surface area (TPSA) is 140 Å². The Kier molecular flexibility index (Phi) is 16.0. The Morgan fingerprint density at radius 3 is 1.53 bits per heavy atom. The third-order valence-corrected chi connectivity index (χ3v) is 8.63. The zero-order valence-electron chi connectivity index (χ0n) is 33.5. The second kappa shape index (κ2) is 20.2. The monoisotopic (exact) mass is 752 g/mol. The molecule has 0 aliphatic heterocycles. The van der Waals surface area contributed by atoms with Gasteiger partial charge in [0.05, 0.1) is 0 Å². The molecule has 0 aliphatic rings. The molecule has 0 heterocycles. The van der Waals surface area contributed by atoms with Crippen LogP contribution < -0.4 is 20.1 Å². The van der Waals surface area contributed by atoms with Gasteiger partial charge in [-0.3, -0.25) is 14.4 Å². The van der Waals surface area contributed by atoms with Crippen LogP contribution >= 0.6 is 0 Å². The van der Waals surface area contributed by atoms with Crippen molar-refractivity contribution in [1.82, 2.24) is 10.6 Å². The van der Waals surface area contributed by atoms with E-state index in [-0.39, 0.29) is 42.9 Å². The average Bonchev–Trinajstić information content (AvgIpc) is 3.12. The summed E-state index contributed by atoms with van der Waals surface area (Å²) in [5.41, 5.74) is 5.82. The van der Waals surface area contributed by atoms with Crippen LogP contribution in [0.5, 0.6) is 11.5 Å². The molecular weight excluding hydrogens is 697 g/mol. The molecule has 0 unspecified atom stereocenters. The fourth-order valence-corrected chi connectivity index (χ4v) is 5.56. The lowest BCUT2D eigenvalue weighted by molar-refractivity contribution is -0.141. The van der Waals surface area contributed by atoms with Crippen molar-refractivity contribution in [1.29, 1.82) is 0 Å². The van der Waals surface area contributed by atoms with Gasteiger partial charge in [-0.25, -0.2) is 4.79 Å². The van der Waals surface area contributed by atoms with Crippen molar-refractivity contribution in [2.75, 3.05) is 13.2 Å². The number of benzene rings is 4. The van der Waals surface area contributed by atoms with E-state index >= 15 is 0 Å². The first kappa shape index (κ1) is 43.8. The predicted molar refractivity (Wildman–Crippen MR) is 215 cm³/mol. The van der Waals surface area contributed by atoms with E-state index in [1.165, 1.54) is 6.92 Å². The number of hydrogen-bond acceptors (Lipinski definition) is 7. The maximum Gasteiger partial charge on any atom is 0.408 e. The molecule has 4 aromatic rings. The number of ether oxygens (including phenoxy) is 3. The maximum atomic E-state index is 12.5. The van der Waals surface area contributed by atoms with Crippen LogP contribution in [-0.2, 0) is 43.0 Å². The molecule has 0 aromatic heterocycles. The number of nitrogens with one attached hydrogen (secondary N) is 2. The van der Waals surface area contributed by atoms with Crippen LogP contribution in [-0.4, -0.2) is 54.2 Å². The molecule has 2 amide bonds. The van der Waals surface area contributed by atoms with Gasteiger partial charge in [0, 0.05) is 6.42 Å². The third-order valence-electron chi connectivity index (χ3n) is 8.63. The second-order valence-electron chi connectivity index (χ2n) is 15.5. The van der Waals surface area contributed by atoms with Gasteiger partial charge in [-0.15, -0.1) is 0 Å². The molecule has 0 bridgehead atoms. The number of aliphatic carboxylic acids is 1. The summed E-state index contributed by atoms with van der Waals surface area (Å²) in [6.45, 7) is 18.3. The molecule has 0 saturated carbocycles.